The normalized spacial score (nSPS) is 11.9. The highest BCUT2D eigenvalue weighted by Crippen LogP contribution is 2.36. The summed E-state index contributed by atoms with van der Waals surface area (Å²) in [5.41, 5.74) is 0.189. The Kier molecular flexibility index (Phi) is 4.74. The number of fused-ring (bicyclic) bond motifs is 2. The fraction of sp³-hybridized carbons (Fsp3) is 0.182. The lowest BCUT2D eigenvalue weighted by Crippen LogP contribution is -2.16. The summed E-state index contributed by atoms with van der Waals surface area (Å²) < 4.78 is 47.5. The SMILES string of the molecule is CCOC(=O)c1cccc2cc(C(F)(F)F)n(Cc3ccc4ccncc4c3)c12. The second-order valence-electron chi connectivity index (χ2n) is 6.63. The molecule has 2 heterocycles. The first-order chi connectivity index (χ1) is 13.9. The molecule has 0 saturated heterocycles. The second kappa shape index (κ2) is 7.24. The Hall–Kier alpha value is -3.35. The molecule has 4 rings (SSSR count). The molecule has 0 unspecified atom stereocenters. The van der Waals surface area contributed by atoms with Gasteiger partial charge in [-0.25, -0.2) is 4.79 Å². The van der Waals surface area contributed by atoms with Crippen molar-refractivity contribution < 1.29 is 22.7 Å². The van der Waals surface area contributed by atoms with E-state index in [4.69, 9.17) is 4.74 Å². The second-order valence-corrected chi connectivity index (χ2v) is 6.63. The third-order valence-corrected chi connectivity index (χ3v) is 4.75. The van der Waals surface area contributed by atoms with Gasteiger partial charge in [-0.3, -0.25) is 4.98 Å². The predicted octanol–water partition coefficient (Wildman–Crippen LogP) is 5.43. The molecule has 0 saturated carbocycles. The smallest absolute Gasteiger partial charge is 0.431 e. The number of nitrogens with zero attached hydrogens (tertiary/aromatic N) is 2. The maximum Gasteiger partial charge on any atom is 0.431 e. The highest BCUT2D eigenvalue weighted by molar-refractivity contribution is 6.03. The van der Waals surface area contributed by atoms with E-state index in [9.17, 15) is 18.0 Å². The molecule has 148 valence electrons. The summed E-state index contributed by atoms with van der Waals surface area (Å²) in [4.78, 5) is 16.4. The molecule has 2 aromatic carbocycles. The van der Waals surface area contributed by atoms with E-state index in [1.807, 2.05) is 12.1 Å². The largest absolute Gasteiger partial charge is 0.462 e. The van der Waals surface area contributed by atoms with E-state index >= 15 is 0 Å². The average molecular weight is 398 g/mol. The summed E-state index contributed by atoms with van der Waals surface area (Å²) in [6, 6.07) is 12.9. The van der Waals surface area contributed by atoms with Crippen LogP contribution in [0.5, 0.6) is 0 Å². The van der Waals surface area contributed by atoms with Crippen LogP contribution in [-0.4, -0.2) is 22.1 Å². The zero-order valence-corrected chi connectivity index (χ0v) is 15.5. The van der Waals surface area contributed by atoms with Crippen LogP contribution >= 0.6 is 0 Å². The number of alkyl halides is 3. The van der Waals surface area contributed by atoms with Gasteiger partial charge in [0.1, 0.15) is 5.69 Å². The number of carbonyl (C=O) groups excluding carboxylic acids is 1. The lowest BCUT2D eigenvalue weighted by Gasteiger charge is -2.15. The first kappa shape index (κ1) is 19.0. The zero-order valence-electron chi connectivity index (χ0n) is 15.5. The van der Waals surface area contributed by atoms with Gasteiger partial charge in [0.15, 0.2) is 0 Å². The van der Waals surface area contributed by atoms with Crippen molar-refractivity contribution in [1.82, 2.24) is 9.55 Å². The Bertz CT molecular complexity index is 1210. The number of hydrogen-bond donors (Lipinski definition) is 0. The van der Waals surface area contributed by atoms with E-state index in [1.165, 1.54) is 6.07 Å². The lowest BCUT2D eigenvalue weighted by molar-refractivity contribution is -0.143. The number of carbonyl (C=O) groups is 1. The molecule has 0 atom stereocenters. The number of halogens is 3. The van der Waals surface area contributed by atoms with Gasteiger partial charge >= 0.3 is 12.1 Å². The van der Waals surface area contributed by atoms with Crippen molar-refractivity contribution >= 4 is 27.6 Å². The quantitative estimate of drug-likeness (QED) is 0.431. The van der Waals surface area contributed by atoms with Gasteiger partial charge in [0.25, 0.3) is 0 Å². The minimum atomic E-state index is -4.57. The number of benzene rings is 2. The summed E-state index contributed by atoms with van der Waals surface area (Å²) in [6.45, 7) is 1.75. The molecule has 0 radical (unpaired) electrons. The molecular weight excluding hydrogens is 381 g/mol. The molecule has 2 aromatic heterocycles. The number of hydrogen-bond acceptors (Lipinski definition) is 3. The maximum absolute atomic E-state index is 13.8. The van der Waals surface area contributed by atoms with Crippen molar-refractivity contribution in [2.45, 2.75) is 19.6 Å². The molecule has 0 bridgehead atoms. The number of ether oxygens (including phenoxy) is 1. The van der Waals surface area contributed by atoms with E-state index in [0.717, 1.165) is 21.4 Å². The van der Waals surface area contributed by atoms with Gasteiger partial charge in [-0.2, -0.15) is 13.2 Å². The van der Waals surface area contributed by atoms with Crippen molar-refractivity contribution in [3.8, 4) is 0 Å². The van der Waals surface area contributed by atoms with E-state index in [1.54, 1.807) is 43.6 Å². The fourth-order valence-corrected chi connectivity index (χ4v) is 3.51. The lowest BCUT2D eigenvalue weighted by atomic mass is 10.1. The molecule has 7 heteroatoms. The topological polar surface area (TPSA) is 44.1 Å². The molecule has 0 aliphatic heterocycles. The molecule has 0 aliphatic carbocycles. The van der Waals surface area contributed by atoms with Gasteiger partial charge in [-0.1, -0.05) is 24.3 Å². The molecule has 4 aromatic rings. The van der Waals surface area contributed by atoms with Gasteiger partial charge in [-0.15, -0.1) is 0 Å². The van der Waals surface area contributed by atoms with Crippen LogP contribution in [0.3, 0.4) is 0 Å². The van der Waals surface area contributed by atoms with Crippen LogP contribution in [-0.2, 0) is 17.5 Å². The van der Waals surface area contributed by atoms with E-state index in [0.29, 0.717) is 10.9 Å². The number of rotatable bonds is 4. The Morgan fingerprint density at radius 1 is 1.07 bits per heavy atom. The summed E-state index contributed by atoms with van der Waals surface area (Å²) in [6.07, 6.45) is -1.24. The fourth-order valence-electron chi connectivity index (χ4n) is 3.51. The van der Waals surface area contributed by atoms with Crippen LogP contribution in [0.1, 0.15) is 28.5 Å². The van der Waals surface area contributed by atoms with Crippen LogP contribution < -0.4 is 0 Å². The van der Waals surface area contributed by atoms with E-state index < -0.39 is 17.8 Å². The van der Waals surface area contributed by atoms with Crippen molar-refractivity contribution in [2.24, 2.45) is 0 Å². The minimum absolute atomic E-state index is 0.0421. The predicted molar refractivity (Wildman–Crippen MR) is 104 cm³/mol. The molecule has 0 spiro atoms. The van der Waals surface area contributed by atoms with Crippen LogP contribution in [0.15, 0.2) is 60.9 Å². The standard InChI is InChI=1S/C22H17F3N2O2/c1-2-29-21(28)18-5-3-4-16-11-19(22(23,24)25)27(20(16)18)13-14-6-7-15-8-9-26-12-17(15)10-14/h3-12H,2,13H2,1H3. The number of esters is 1. The van der Waals surface area contributed by atoms with Crippen molar-refractivity contribution in [3.63, 3.8) is 0 Å². The number of para-hydroxylation sites is 1. The summed E-state index contributed by atoms with van der Waals surface area (Å²) in [7, 11) is 0. The molecule has 0 amide bonds. The number of aromatic nitrogens is 2. The molecule has 0 aliphatic rings. The van der Waals surface area contributed by atoms with E-state index in [2.05, 4.69) is 4.98 Å². The van der Waals surface area contributed by atoms with Gasteiger partial charge in [0.2, 0.25) is 0 Å². The summed E-state index contributed by atoms with van der Waals surface area (Å²) in [5.74, 6) is -0.645. The molecule has 0 fully saturated rings. The number of pyridine rings is 1. The first-order valence-corrected chi connectivity index (χ1v) is 9.07. The summed E-state index contributed by atoms with van der Waals surface area (Å²) >= 11 is 0. The highest BCUT2D eigenvalue weighted by Gasteiger charge is 2.36. The third-order valence-electron chi connectivity index (χ3n) is 4.75. The van der Waals surface area contributed by atoms with Crippen LogP contribution in [0.2, 0.25) is 0 Å². The molecule has 4 nitrogen and oxygen atoms in total. The first-order valence-electron chi connectivity index (χ1n) is 9.07. The minimum Gasteiger partial charge on any atom is -0.462 e. The molecule has 29 heavy (non-hydrogen) atoms. The Morgan fingerprint density at radius 3 is 2.66 bits per heavy atom. The van der Waals surface area contributed by atoms with Crippen molar-refractivity contribution in [1.29, 1.82) is 0 Å². The van der Waals surface area contributed by atoms with Gasteiger partial charge < -0.3 is 9.30 Å². The Labute approximate surface area is 164 Å². The highest BCUT2D eigenvalue weighted by atomic mass is 19.4. The Balaban J connectivity index is 1.91. The average Bonchev–Trinajstić information content (AvgIpc) is 3.07. The van der Waals surface area contributed by atoms with Crippen molar-refractivity contribution in [2.75, 3.05) is 6.61 Å². The molecule has 0 N–H and O–H groups in total. The van der Waals surface area contributed by atoms with Gasteiger partial charge in [0.05, 0.1) is 17.7 Å². The van der Waals surface area contributed by atoms with Crippen molar-refractivity contribution in [3.05, 3.63) is 77.7 Å². The maximum atomic E-state index is 13.8. The third kappa shape index (κ3) is 3.55. The van der Waals surface area contributed by atoms with Crippen LogP contribution in [0.4, 0.5) is 13.2 Å². The van der Waals surface area contributed by atoms with Crippen LogP contribution in [0.25, 0.3) is 21.7 Å². The van der Waals surface area contributed by atoms with Gasteiger partial charge in [0, 0.05) is 29.7 Å². The monoisotopic (exact) mass is 398 g/mol. The Morgan fingerprint density at radius 2 is 1.90 bits per heavy atom. The van der Waals surface area contributed by atoms with E-state index in [-0.39, 0.29) is 24.2 Å². The molecular formula is C22H17F3N2O2. The van der Waals surface area contributed by atoms with Crippen LogP contribution in [0, 0.1) is 0 Å². The zero-order chi connectivity index (χ0) is 20.6. The summed E-state index contributed by atoms with van der Waals surface area (Å²) in [5, 5.41) is 2.12. The van der Waals surface area contributed by atoms with Gasteiger partial charge in [-0.05, 0) is 42.1 Å².